The van der Waals surface area contributed by atoms with Crippen molar-refractivity contribution in [2.24, 2.45) is 0 Å². The van der Waals surface area contributed by atoms with E-state index in [2.05, 4.69) is 9.97 Å². The summed E-state index contributed by atoms with van der Waals surface area (Å²) in [6, 6.07) is 15.7. The molecule has 24 heavy (non-hydrogen) atoms. The number of hydrogen-bond acceptors (Lipinski definition) is 3. The van der Waals surface area contributed by atoms with Gasteiger partial charge in [0.25, 0.3) is 5.91 Å². The third-order valence-electron chi connectivity index (χ3n) is 4.37. The van der Waals surface area contributed by atoms with Crippen LogP contribution in [0.1, 0.15) is 27.8 Å². The molecule has 1 fully saturated rings. The molecular weight excluding hydrogens is 302 g/mol. The van der Waals surface area contributed by atoms with Crippen LogP contribution in [0.25, 0.3) is 11.0 Å². The summed E-state index contributed by atoms with van der Waals surface area (Å²) in [4.78, 5) is 22.3. The normalized spacial score (nSPS) is 18.0. The molecule has 1 atom stereocenters. The Hall–Kier alpha value is -2.66. The number of fused-ring (bicyclic) bond motifs is 1. The van der Waals surface area contributed by atoms with Crippen LogP contribution in [0, 0.1) is 6.92 Å². The number of H-pyrrole nitrogens is 1. The highest BCUT2D eigenvalue weighted by Gasteiger charge is 2.26. The van der Waals surface area contributed by atoms with Crippen LogP contribution in [0.4, 0.5) is 0 Å². The van der Waals surface area contributed by atoms with E-state index in [9.17, 15) is 4.79 Å². The third kappa shape index (κ3) is 2.78. The summed E-state index contributed by atoms with van der Waals surface area (Å²) < 4.78 is 5.84. The van der Waals surface area contributed by atoms with E-state index in [0.717, 1.165) is 22.4 Å². The van der Waals surface area contributed by atoms with Crippen LogP contribution in [0.5, 0.6) is 0 Å². The van der Waals surface area contributed by atoms with Crippen molar-refractivity contribution in [3.05, 3.63) is 65.5 Å². The number of aromatic nitrogens is 2. The van der Waals surface area contributed by atoms with E-state index in [4.69, 9.17) is 4.74 Å². The summed E-state index contributed by atoms with van der Waals surface area (Å²) in [5.41, 5.74) is 3.56. The number of ether oxygens (including phenoxy) is 1. The standard InChI is InChI=1S/C19H19N3O2/c1-13-20-16-8-7-15(11-17(16)21-13)19(23)22-9-10-24-18(12-22)14-5-3-2-4-6-14/h2-8,11,18H,9-10,12H2,1H3,(H,20,21)/t18-/m1/s1. The average Bonchev–Trinajstić information content (AvgIpc) is 3.01. The molecule has 0 radical (unpaired) electrons. The summed E-state index contributed by atoms with van der Waals surface area (Å²) in [6.07, 6.45) is -0.0676. The fraction of sp³-hybridized carbons (Fsp3) is 0.263. The predicted octanol–water partition coefficient (Wildman–Crippen LogP) is 3.09. The Balaban J connectivity index is 1.56. The van der Waals surface area contributed by atoms with Gasteiger partial charge in [-0.05, 0) is 30.7 Å². The first-order valence-corrected chi connectivity index (χ1v) is 8.13. The maximum atomic E-state index is 12.9. The maximum absolute atomic E-state index is 12.9. The van der Waals surface area contributed by atoms with Crippen LogP contribution >= 0.6 is 0 Å². The lowest BCUT2D eigenvalue weighted by molar-refractivity contribution is -0.0228. The molecule has 1 amide bonds. The molecule has 5 heteroatoms. The Morgan fingerprint density at radius 1 is 1.25 bits per heavy atom. The molecule has 4 rings (SSSR count). The lowest BCUT2D eigenvalue weighted by Gasteiger charge is -2.33. The number of benzene rings is 2. The molecule has 2 heterocycles. The second-order valence-corrected chi connectivity index (χ2v) is 6.08. The van der Waals surface area contributed by atoms with Gasteiger partial charge in [0.1, 0.15) is 11.9 Å². The number of imidazole rings is 1. The monoisotopic (exact) mass is 321 g/mol. The van der Waals surface area contributed by atoms with E-state index in [-0.39, 0.29) is 12.0 Å². The number of carbonyl (C=O) groups is 1. The molecule has 1 saturated heterocycles. The highest BCUT2D eigenvalue weighted by atomic mass is 16.5. The molecule has 0 unspecified atom stereocenters. The third-order valence-corrected chi connectivity index (χ3v) is 4.37. The molecule has 122 valence electrons. The molecule has 1 aromatic heterocycles. The van der Waals surface area contributed by atoms with E-state index in [1.807, 2.05) is 60.4 Å². The minimum absolute atomic E-state index is 0.0355. The zero-order valence-corrected chi connectivity index (χ0v) is 13.5. The van der Waals surface area contributed by atoms with Gasteiger partial charge in [-0.25, -0.2) is 4.98 Å². The van der Waals surface area contributed by atoms with Gasteiger partial charge < -0.3 is 14.6 Å². The Kier molecular flexibility index (Phi) is 3.78. The van der Waals surface area contributed by atoms with E-state index in [1.54, 1.807) is 0 Å². The smallest absolute Gasteiger partial charge is 0.254 e. The molecular formula is C19H19N3O2. The van der Waals surface area contributed by atoms with Crippen LogP contribution in [-0.4, -0.2) is 40.5 Å². The predicted molar refractivity (Wildman–Crippen MR) is 91.9 cm³/mol. The van der Waals surface area contributed by atoms with Gasteiger partial charge in [0.15, 0.2) is 0 Å². The van der Waals surface area contributed by atoms with Crippen molar-refractivity contribution in [1.82, 2.24) is 14.9 Å². The molecule has 0 aliphatic carbocycles. The van der Waals surface area contributed by atoms with Gasteiger partial charge in [0.2, 0.25) is 0 Å². The minimum atomic E-state index is -0.0676. The van der Waals surface area contributed by atoms with E-state index in [1.165, 1.54) is 0 Å². The van der Waals surface area contributed by atoms with Crippen molar-refractivity contribution in [2.75, 3.05) is 19.7 Å². The molecule has 1 aliphatic heterocycles. The SMILES string of the molecule is Cc1nc2ccc(C(=O)N3CCO[C@@H](c4ccccc4)C3)cc2[nH]1. The van der Waals surface area contributed by atoms with Gasteiger partial charge in [-0.2, -0.15) is 0 Å². The number of amides is 1. The highest BCUT2D eigenvalue weighted by molar-refractivity contribution is 5.97. The average molecular weight is 321 g/mol. The van der Waals surface area contributed by atoms with Crippen LogP contribution in [-0.2, 0) is 4.74 Å². The summed E-state index contributed by atoms with van der Waals surface area (Å²) in [7, 11) is 0. The van der Waals surface area contributed by atoms with Crippen molar-refractivity contribution in [2.45, 2.75) is 13.0 Å². The van der Waals surface area contributed by atoms with Gasteiger partial charge in [-0.15, -0.1) is 0 Å². The Morgan fingerprint density at radius 2 is 2.08 bits per heavy atom. The minimum Gasteiger partial charge on any atom is -0.370 e. The topological polar surface area (TPSA) is 58.2 Å². The van der Waals surface area contributed by atoms with E-state index in [0.29, 0.717) is 25.3 Å². The number of hydrogen-bond donors (Lipinski definition) is 1. The maximum Gasteiger partial charge on any atom is 0.254 e. The van der Waals surface area contributed by atoms with E-state index < -0.39 is 0 Å². The van der Waals surface area contributed by atoms with Gasteiger partial charge >= 0.3 is 0 Å². The van der Waals surface area contributed by atoms with Crippen LogP contribution in [0.15, 0.2) is 48.5 Å². The Morgan fingerprint density at radius 3 is 2.92 bits per heavy atom. The summed E-state index contributed by atoms with van der Waals surface area (Å²) in [5.74, 6) is 0.887. The quantitative estimate of drug-likeness (QED) is 0.789. The molecule has 3 aromatic rings. The number of aryl methyl sites for hydroxylation is 1. The molecule has 5 nitrogen and oxygen atoms in total. The molecule has 1 aliphatic rings. The number of carbonyl (C=O) groups excluding carboxylic acids is 1. The van der Waals surface area contributed by atoms with Crippen LogP contribution < -0.4 is 0 Å². The van der Waals surface area contributed by atoms with Crippen molar-refractivity contribution >= 4 is 16.9 Å². The molecule has 0 saturated carbocycles. The second-order valence-electron chi connectivity index (χ2n) is 6.08. The van der Waals surface area contributed by atoms with Crippen molar-refractivity contribution in [3.63, 3.8) is 0 Å². The first kappa shape index (κ1) is 14.9. The van der Waals surface area contributed by atoms with Crippen LogP contribution in [0.2, 0.25) is 0 Å². The number of nitrogens with one attached hydrogen (secondary N) is 1. The molecule has 1 N–H and O–H groups in total. The number of rotatable bonds is 2. The second kappa shape index (κ2) is 6.09. The summed E-state index contributed by atoms with van der Waals surface area (Å²) in [6.45, 7) is 3.65. The number of nitrogens with zero attached hydrogens (tertiary/aromatic N) is 2. The number of morpholine rings is 1. The largest absolute Gasteiger partial charge is 0.370 e. The Labute approximate surface area is 140 Å². The van der Waals surface area contributed by atoms with Gasteiger partial charge in [0.05, 0.1) is 24.2 Å². The first-order valence-electron chi connectivity index (χ1n) is 8.13. The zero-order chi connectivity index (χ0) is 16.5. The fourth-order valence-electron chi connectivity index (χ4n) is 3.16. The fourth-order valence-corrected chi connectivity index (χ4v) is 3.16. The molecule has 2 aromatic carbocycles. The lowest BCUT2D eigenvalue weighted by Crippen LogP contribution is -2.42. The first-order chi connectivity index (χ1) is 11.7. The summed E-state index contributed by atoms with van der Waals surface area (Å²) >= 11 is 0. The van der Waals surface area contributed by atoms with Crippen molar-refractivity contribution < 1.29 is 9.53 Å². The highest BCUT2D eigenvalue weighted by Crippen LogP contribution is 2.23. The van der Waals surface area contributed by atoms with Gasteiger partial charge in [-0.3, -0.25) is 4.79 Å². The summed E-state index contributed by atoms with van der Waals surface area (Å²) in [5, 5.41) is 0. The molecule has 0 spiro atoms. The lowest BCUT2D eigenvalue weighted by atomic mass is 10.1. The van der Waals surface area contributed by atoms with Gasteiger partial charge in [0, 0.05) is 12.1 Å². The number of aromatic amines is 1. The molecule has 0 bridgehead atoms. The van der Waals surface area contributed by atoms with E-state index >= 15 is 0 Å². The zero-order valence-electron chi connectivity index (χ0n) is 13.5. The van der Waals surface area contributed by atoms with Crippen molar-refractivity contribution in [3.8, 4) is 0 Å². The Bertz CT molecular complexity index is 873. The van der Waals surface area contributed by atoms with Gasteiger partial charge in [-0.1, -0.05) is 30.3 Å². The van der Waals surface area contributed by atoms with Crippen molar-refractivity contribution in [1.29, 1.82) is 0 Å². The van der Waals surface area contributed by atoms with Crippen LogP contribution in [0.3, 0.4) is 0 Å².